The Kier molecular flexibility index (Phi) is 6.10. The van der Waals surface area contributed by atoms with Gasteiger partial charge in [-0.15, -0.1) is 0 Å². The monoisotopic (exact) mass is 524 g/mol. The molecular weight excluding hydrogens is 509 g/mol. The normalized spacial score (nSPS) is 25.4. The molecule has 1 fully saturated rings. The van der Waals surface area contributed by atoms with Crippen molar-refractivity contribution in [1.29, 1.82) is 0 Å². The van der Waals surface area contributed by atoms with Crippen LogP contribution in [0.4, 0.5) is 36.4 Å². The van der Waals surface area contributed by atoms with E-state index in [1.807, 2.05) is 0 Å². The van der Waals surface area contributed by atoms with Gasteiger partial charge in [-0.25, -0.2) is 27.5 Å². The number of halogens is 8. The number of aliphatic imine (C=N–C) groups is 1. The Hall–Kier alpha value is -3.09. The summed E-state index contributed by atoms with van der Waals surface area (Å²) < 4.78 is 101. The topological polar surface area (TPSA) is 89.6 Å². The van der Waals surface area contributed by atoms with Crippen LogP contribution in [0.1, 0.15) is 34.5 Å². The molecule has 1 saturated carbocycles. The summed E-state index contributed by atoms with van der Waals surface area (Å²) in [6.45, 7) is -1.39. The van der Waals surface area contributed by atoms with E-state index in [0.717, 1.165) is 18.2 Å². The third-order valence-electron chi connectivity index (χ3n) is 5.94. The van der Waals surface area contributed by atoms with Gasteiger partial charge >= 0.3 is 6.18 Å². The molecule has 35 heavy (non-hydrogen) atoms. The second-order valence-electron chi connectivity index (χ2n) is 8.24. The number of rotatable bonds is 4. The van der Waals surface area contributed by atoms with Gasteiger partial charge in [-0.2, -0.15) is 13.2 Å². The molecule has 1 aromatic carbocycles. The average Bonchev–Trinajstić information content (AvgIpc) is 3.07. The van der Waals surface area contributed by atoms with Crippen LogP contribution in [0.3, 0.4) is 0 Å². The van der Waals surface area contributed by atoms with Gasteiger partial charge in [0.1, 0.15) is 29.8 Å². The number of carbonyl (C=O) groups excluding carboxylic acids is 1. The zero-order chi connectivity index (χ0) is 25.8. The average molecular weight is 525 g/mol. The Morgan fingerprint density at radius 3 is 2.60 bits per heavy atom. The molecule has 1 aliphatic carbocycles. The molecule has 2 aromatic rings. The lowest BCUT2D eigenvalue weighted by molar-refractivity contribution is -0.137. The van der Waals surface area contributed by atoms with Gasteiger partial charge in [0.2, 0.25) is 0 Å². The number of pyridine rings is 1. The van der Waals surface area contributed by atoms with Gasteiger partial charge in [0.25, 0.3) is 17.9 Å². The first-order chi connectivity index (χ1) is 16.3. The molecule has 188 valence electrons. The van der Waals surface area contributed by atoms with Crippen LogP contribution in [0.15, 0.2) is 35.5 Å². The van der Waals surface area contributed by atoms with E-state index in [1.165, 1.54) is 0 Å². The lowest BCUT2D eigenvalue weighted by atomic mass is 9.76. The fraction of sp³-hybridized carbons (Fsp3) is 0.381. The minimum Gasteiger partial charge on any atom is -0.461 e. The molecule has 2 aliphatic rings. The lowest BCUT2D eigenvalue weighted by Crippen LogP contribution is -2.48. The predicted molar refractivity (Wildman–Crippen MR) is 110 cm³/mol. The molecule has 14 heteroatoms. The fourth-order valence-electron chi connectivity index (χ4n) is 4.38. The van der Waals surface area contributed by atoms with E-state index in [0.29, 0.717) is 12.3 Å². The number of alkyl halides is 6. The van der Waals surface area contributed by atoms with Crippen LogP contribution < -0.4 is 11.1 Å². The molecule has 0 radical (unpaired) electrons. The highest BCUT2D eigenvalue weighted by Crippen LogP contribution is 2.53. The highest BCUT2D eigenvalue weighted by molar-refractivity contribution is 6.34. The molecular formula is C21H16ClF7N4O2. The van der Waals surface area contributed by atoms with Crippen LogP contribution in [0.25, 0.3) is 0 Å². The molecule has 3 atom stereocenters. The number of hydrogen-bond donors (Lipinski definition) is 2. The SMILES string of the molecule is NC1=NC(CF)(c2cc(NC(=O)c3ncc(C(F)(F)F)cc3Cl)ccc2F)C2CC(F)(F)C[C@@H]2O1. The molecule has 1 aromatic heterocycles. The Balaban J connectivity index is 1.69. The first-order valence-corrected chi connectivity index (χ1v) is 10.4. The quantitative estimate of drug-likeness (QED) is 0.547. The maximum Gasteiger partial charge on any atom is 0.417 e. The number of amides is 1. The van der Waals surface area contributed by atoms with Gasteiger partial charge in [-0.05, 0) is 24.3 Å². The summed E-state index contributed by atoms with van der Waals surface area (Å²) in [5, 5.41) is 1.68. The summed E-state index contributed by atoms with van der Waals surface area (Å²) in [4.78, 5) is 19.9. The van der Waals surface area contributed by atoms with Gasteiger partial charge in [-0.3, -0.25) is 4.79 Å². The molecule has 4 rings (SSSR count). The summed E-state index contributed by atoms with van der Waals surface area (Å²) in [5.74, 6) is -6.53. The fourth-order valence-corrected chi connectivity index (χ4v) is 4.63. The van der Waals surface area contributed by atoms with Crippen LogP contribution in [0.2, 0.25) is 5.02 Å². The number of aromatic nitrogens is 1. The molecule has 3 N–H and O–H groups in total. The van der Waals surface area contributed by atoms with Gasteiger partial charge in [0, 0.05) is 36.2 Å². The second-order valence-corrected chi connectivity index (χ2v) is 8.64. The van der Waals surface area contributed by atoms with E-state index >= 15 is 0 Å². The number of amidine groups is 1. The van der Waals surface area contributed by atoms with E-state index in [1.54, 1.807) is 0 Å². The van der Waals surface area contributed by atoms with E-state index in [2.05, 4.69) is 15.3 Å². The van der Waals surface area contributed by atoms with Crippen molar-refractivity contribution in [2.24, 2.45) is 16.6 Å². The van der Waals surface area contributed by atoms with Gasteiger partial charge in [0.05, 0.1) is 10.6 Å². The van der Waals surface area contributed by atoms with Crippen molar-refractivity contribution in [3.63, 3.8) is 0 Å². The van der Waals surface area contributed by atoms with Crippen LogP contribution in [0, 0.1) is 11.7 Å². The minimum absolute atomic E-state index is 0.140. The number of fused-ring (bicyclic) bond motifs is 1. The van der Waals surface area contributed by atoms with Crippen molar-refractivity contribution >= 4 is 29.2 Å². The number of carbonyl (C=O) groups is 1. The first kappa shape index (κ1) is 25.0. The number of nitrogens with zero attached hydrogens (tertiary/aromatic N) is 2. The van der Waals surface area contributed by atoms with Crippen molar-refractivity contribution in [2.75, 3.05) is 12.0 Å². The molecule has 0 saturated heterocycles. The van der Waals surface area contributed by atoms with Crippen molar-refractivity contribution in [3.8, 4) is 0 Å². The first-order valence-electron chi connectivity index (χ1n) is 10.1. The Labute approximate surface area is 198 Å². The number of nitrogens with one attached hydrogen (secondary N) is 1. The molecule has 0 bridgehead atoms. The maximum atomic E-state index is 14.9. The summed E-state index contributed by atoms with van der Waals surface area (Å²) in [7, 11) is 0. The van der Waals surface area contributed by atoms with Crippen LogP contribution >= 0.6 is 11.6 Å². The highest BCUT2D eigenvalue weighted by atomic mass is 35.5. The molecule has 1 amide bonds. The van der Waals surface area contributed by atoms with Crippen molar-refractivity contribution < 1.29 is 40.3 Å². The number of nitrogens with two attached hydrogens (primary N) is 1. The van der Waals surface area contributed by atoms with E-state index in [-0.39, 0.29) is 5.69 Å². The summed E-state index contributed by atoms with van der Waals surface area (Å²) in [6.07, 6.45) is -7.13. The molecule has 2 unspecified atom stereocenters. The third-order valence-corrected chi connectivity index (χ3v) is 6.23. The van der Waals surface area contributed by atoms with Crippen molar-refractivity contribution in [1.82, 2.24) is 4.98 Å². The summed E-state index contributed by atoms with van der Waals surface area (Å²) in [6, 6.07) is 2.84. The largest absolute Gasteiger partial charge is 0.461 e. The molecule has 6 nitrogen and oxygen atoms in total. The molecule has 2 heterocycles. The second kappa shape index (κ2) is 8.54. The maximum absolute atomic E-state index is 14.9. The predicted octanol–water partition coefficient (Wildman–Crippen LogP) is 5.07. The zero-order valence-corrected chi connectivity index (χ0v) is 18.2. The van der Waals surface area contributed by atoms with Gasteiger partial charge in [-0.1, -0.05) is 11.6 Å². The zero-order valence-electron chi connectivity index (χ0n) is 17.5. The lowest BCUT2D eigenvalue weighted by Gasteiger charge is -2.40. The van der Waals surface area contributed by atoms with Gasteiger partial charge in [0.15, 0.2) is 0 Å². The van der Waals surface area contributed by atoms with Crippen LogP contribution in [-0.2, 0) is 16.5 Å². The number of benzene rings is 1. The van der Waals surface area contributed by atoms with E-state index in [9.17, 15) is 35.5 Å². The third kappa shape index (κ3) is 4.60. The van der Waals surface area contributed by atoms with Gasteiger partial charge < -0.3 is 15.8 Å². The standard InChI is InChI=1S/C21H16ClF7N4O2/c22-13-3-9(21(27,28)29)7-31-16(13)17(34)32-10-1-2-14(24)11(4-10)20(8-23)12-5-19(25,26)6-15(12)35-18(30)33-20/h1-4,7,12,15H,5-6,8H2,(H2,30,33)(H,32,34)/t12?,15-,20?/m0/s1. The van der Waals surface area contributed by atoms with Crippen molar-refractivity contribution in [2.45, 2.75) is 36.6 Å². The Morgan fingerprint density at radius 1 is 1.26 bits per heavy atom. The van der Waals surface area contributed by atoms with Crippen molar-refractivity contribution in [3.05, 3.63) is 58.1 Å². The Bertz CT molecular complexity index is 1210. The number of hydrogen-bond acceptors (Lipinski definition) is 5. The smallest absolute Gasteiger partial charge is 0.417 e. The highest BCUT2D eigenvalue weighted by Gasteiger charge is 2.60. The minimum atomic E-state index is -4.74. The van der Waals surface area contributed by atoms with E-state index in [4.69, 9.17) is 22.1 Å². The molecule has 0 spiro atoms. The molecule has 1 aliphatic heterocycles. The summed E-state index contributed by atoms with van der Waals surface area (Å²) in [5.41, 5.74) is 1.11. The number of anilines is 1. The number of ether oxygens (including phenoxy) is 1. The van der Waals surface area contributed by atoms with E-state index < -0.39 is 88.8 Å². The Morgan fingerprint density at radius 2 is 1.97 bits per heavy atom. The summed E-state index contributed by atoms with van der Waals surface area (Å²) >= 11 is 5.77. The van der Waals surface area contributed by atoms with Crippen LogP contribution in [0.5, 0.6) is 0 Å². The van der Waals surface area contributed by atoms with Crippen LogP contribution in [-0.4, -0.2) is 35.6 Å².